The van der Waals surface area contributed by atoms with Gasteiger partial charge in [-0.3, -0.25) is 9.58 Å². The highest BCUT2D eigenvalue weighted by Crippen LogP contribution is 2.18. The van der Waals surface area contributed by atoms with Crippen LogP contribution in [0.2, 0.25) is 0 Å². The van der Waals surface area contributed by atoms with Gasteiger partial charge in [0.15, 0.2) is 0 Å². The summed E-state index contributed by atoms with van der Waals surface area (Å²) < 4.78 is 2.11. The third-order valence-corrected chi connectivity index (χ3v) is 4.71. The molecule has 0 aliphatic carbocycles. The van der Waals surface area contributed by atoms with Crippen molar-refractivity contribution in [2.24, 2.45) is 0 Å². The number of halogens is 1. The first-order valence-electron chi connectivity index (χ1n) is 6.27. The maximum Gasteiger partial charge on any atom is 0.0625 e. The zero-order chi connectivity index (χ0) is 13.1. The van der Waals surface area contributed by atoms with Crippen molar-refractivity contribution in [1.29, 1.82) is 0 Å². The maximum absolute atomic E-state index is 4.59. The monoisotopic (exact) mass is 301 g/mol. The normalized spacial score (nSPS) is 12.4. The van der Waals surface area contributed by atoms with E-state index in [0.29, 0.717) is 0 Å². The molecule has 0 atom stereocenters. The lowest BCUT2D eigenvalue weighted by atomic mass is 10.1. The molecule has 1 aromatic heterocycles. The van der Waals surface area contributed by atoms with Crippen LogP contribution in [-0.2, 0) is 19.5 Å². The van der Waals surface area contributed by atoms with Crippen molar-refractivity contribution in [1.82, 2.24) is 14.7 Å². The second-order valence-electron chi connectivity index (χ2n) is 5.10. The topological polar surface area (TPSA) is 21.1 Å². The Morgan fingerprint density at radius 3 is 2.53 bits per heavy atom. The standard InChI is InChI=1S/C13H24BrN3/c1-6-11-8-12(17(7-2)15-11)9-16(5)13(3,4)10-14/h8H,6-7,9-10H2,1-5H3. The van der Waals surface area contributed by atoms with Crippen molar-refractivity contribution >= 4 is 15.9 Å². The second kappa shape index (κ2) is 6.01. The van der Waals surface area contributed by atoms with Gasteiger partial charge in [-0.05, 0) is 40.3 Å². The van der Waals surface area contributed by atoms with Gasteiger partial charge in [-0.15, -0.1) is 0 Å². The van der Waals surface area contributed by atoms with Crippen molar-refractivity contribution < 1.29 is 0 Å². The molecular weight excluding hydrogens is 278 g/mol. The first-order chi connectivity index (χ1) is 7.94. The van der Waals surface area contributed by atoms with Crippen molar-refractivity contribution in [3.63, 3.8) is 0 Å². The summed E-state index contributed by atoms with van der Waals surface area (Å²) in [4.78, 5) is 2.37. The van der Waals surface area contributed by atoms with Crippen LogP contribution in [-0.4, -0.2) is 32.6 Å². The first-order valence-corrected chi connectivity index (χ1v) is 7.39. The number of rotatable bonds is 6. The van der Waals surface area contributed by atoms with Crippen molar-refractivity contribution in [3.8, 4) is 0 Å². The van der Waals surface area contributed by atoms with Gasteiger partial charge in [0.2, 0.25) is 0 Å². The Labute approximate surface area is 113 Å². The van der Waals surface area contributed by atoms with Gasteiger partial charge in [0.25, 0.3) is 0 Å². The van der Waals surface area contributed by atoms with Gasteiger partial charge in [0.05, 0.1) is 11.4 Å². The second-order valence-corrected chi connectivity index (χ2v) is 5.66. The van der Waals surface area contributed by atoms with Gasteiger partial charge in [-0.25, -0.2) is 0 Å². The van der Waals surface area contributed by atoms with E-state index in [2.05, 4.69) is 71.4 Å². The first kappa shape index (κ1) is 14.7. The Hall–Kier alpha value is -0.350. The van der Waals surface area contributed by atoms with Gasteiger partial charge >= 0.3 is 0 Å². The molecule has 0 saturated heterocycles. The third-order valence-electron chi connectivity index (χ3n) is 3.34. The predicted octanol–water partition coefficient (Wildman–Crippen LogP) is 3.07. The van der Waals surface area contributed by atoms with Crippen LogP contribution in [0.5, 0.6) is 0 Å². The van der Waals surface area contributed by atoms with E-state index in [1.54, 1.807) is 0 Å². The molecule has 0 aliphatic heterocycles. The number of nitrogens with zero attached hydrogens (tertiary/aromatic N) is 3. The molecule has 0 bridgehead atoms. The molecule has 1 rings (SSSR count). The Bertz CT molecular complexity index is 358. The average Bonchev–Trinajstić information content (AvgIpc) is 2.71. The minimum atomic E-state index is 0.162. The highest BCUT2D eigenvalue weighted by Gasteiger charge is 2.23. The summed E-state index contributed by atoms with van der Waals surface area (Å²) in [7, 11) is 2.17. The van der Waals surface area contributed by atoms with Crippen LogP contribution in [0.3, 0.4) is 0 Å². The van der Waals surface area contributed by atoms with Crippen molar-refractivity contribution in [2.75, 3.05) is 12.4 Å². The van der Waals surface area contributed by atoms with E-state index in [9.17, 15) is 0 Å². The number of aryl methyl sites for hydroxylation is 2. The summed E-state index contributed by atoms with van der Waals surface area (Å²) >= 11 is 3.58. The molecule has 1 aromatic rings. The smallest absolute Gasteiger partial charge is 0.0625 e. The minimum Gasteiger partial charge on any atom is -0.295 e. The van der Waals surface area contributed by atoms with Crippen LogP contribution in [0.25, 0.3) is 0 Å². The SMILES string of the molecule is CCc1cc(CN(C)C(C)(C)CBr)n(CC)n1. The number of alkyl halides is 1. The van der Waals surface area contributed by atoms with E-state index >= 15 is 0 Å². The van der Waals surface area contributed by atoms with E-state index in [1.807, 2.05) is 0 Å². The molecule has 3 nitrogen and oxygen atoms in total. The van der Waals surface area contributed by atoms with Crippen LogP contribution in [0.15, 0.2) is 6.07 Å². The largest absolute Gasteiger partial charge is 0.295 e. The maximum atomic E-state index is 4.59. The molecule has 0 radical (unpaired) electrons. The van der Waals surface area contributed by atoms with Crippen LogP contribution < -0.4 is 0 Å². The Balaban J connectivity index is 2.83. The Morgan fingerprint density at radius 2 is 2.06 bits per heavy atom. The van der Waals surface area contributed by atoms with Crippen LogP contribution in [0.4, 0.5) is 0 Å². The summed E-state index contributed by atoms with van der Waals surface area (Å²) in [6.07, 6.45) is 1.01. The van der Waals surface area contributed by atoms with Gasteiger partial charge in [-0.2, -0.15) is 5.10 Å². The van der Waals surface area contributed by atoms with Crippen molar-refractivity contribution in [2.45, 2.75) is 52.7 Å². The third kappa shape index (κ3) is 3.55. The Kier molecular flexibility index (Phi) is 5.20. The molecular formula is C13H24BrN3. The summed E-state index contributed by atoms with van der Waals surface area (Å²) in [5, 5.41) is 5.56. The molecule has 1 heterocycles. The van der Waals surface area contributed by atoms with Crippen LogP contribution in [0.1, 0.15) is 39.1 Å². The fourth-order valence-electron chi connectivity index (χ4n) is 1.65. The van der Waals surface area contributed by atoms with Gasteiger partial charge in [0, 0.05) is 24.0 Å². The number of hydrogen-bond donors (Lipinski definition) is 0. The number of hydrogen-bond acceptors (Lipinski definition) is 2. The van der Waals surface area contributed by atoms with Gasteiger partial charge in [-0.1, -0.05) is 22.9 Å². The van der Waals surface area contributed by atoms with Crippen LogP contribution in [0, 0.1) is 0 Å². The molecule has 0 spiro atoms. The molecule has 0 N–H and O–H groups in total. The molecule has 0 aliphatic rings. The number of aromatic nitrogens is 2. The summed E-state index contributed by atoms with van der Waals surface area (Å²) in [6, 6.07) is 2.23. The van der Waals surface area contributed by atoms with Crippen LogP contribution >= 0.6 is 15.9 Å². The van der Waals surface area contributed by atoms with Gasteiger partial charge < -0.3 is 0 Å². The minimum absolute atomic E-state index is 0.162. The Morgan fingerprint density at radius 1 is 1.41 bits per heavy atom. The van der Waals surface area contributed by atoms with E-state index < -0.39 is 0 Å². The lowest BCUT2D eigenvalue weighted by molar-refractivity contribution is 0.168. The van der Waals surface area contributed by atoms with Gasteiger partial charge in [0.1, 0.15) is 0 Å². The zero-order valence-electron chi connectivity index (χ0n) is 11.6. The molecule has 0 aromatic carbocycles. The quantitative estimate of drug-likeness (QED) is 0.753. The molecule has 0 saturated carbocycles. The zero-order valence-corrected chi connectivity index (χ0v) is 13.2. The van der Waals surface area contributed by atoms with E-state index in [0.717, 1.165) is 24.8 Å². The van der Waals surface area contributed by atoms with E-state index in [-0.39, 0.29) is 5.54 Å². The average molecular weight is 302 g/mol. The van der Waals surface area contributed by atoms with Crippen molar-refractivity contribution in [3.05, 3.63) is 17.5 Å². The molecule has 17 heavy (non-hydrogen) atoms. The highest BCUT2D eigenvalue weighted by molar-refractivity contribution is 9.09. The fourth-order valence-corrected chi connectivity index (χ4v) is 2.08. The molecule has 0 unspecified atom stereocenters. The molecule has 0 amide bonds. The molecule has 98 valence electrons. The lowest BCUT2D eigenvalue weighted by Gasteiger charge is -2.34. The van der Waals surface area contributed by atoms with E-state index in [1.165, 1.54) is 11.4 Å². The summed E-state index contributed by atoms with van der Waals surface area (Å²) in [6.45, 7) is 10.7. The fraction of sp³-hybridized carbons (Fsp3) is 0.769. The summed E-state index contributed by atoms with van der Waals surface area (Å²) in [5.74, 6) is 0. The highest BCUT2D eigenvalue weighted by atomic mass is 79.9. The lowest BCUT2D eigenvalue weighted by Crippen LogP contribution is -2.42. The summed E-state index contributed by atoms with van der Waals surface area (Å²) in [5.41, 5.74) is 2.66. The van der Waals surface area contributed by atoms with E-state index in [4.69, 9.17) is 0 Å². The predicted molar refractivity (Wildman–Crippen MR) is 76.6 cm³/mol. The molecule has 0 fully saturated rings. The molecule has 4 heteroatoms.